The Bertz CT molecular complexity index is 857. The molecule has 0 radical (unpaired) electrons. The standard InChI is InChI=1S/C19H17Cl2N3O/c1-25-19-23-17(14-5-3-2-4-6-14)12-18(24-19)22-10-9-13-7-8-15(20)11-16(13)21/h2-8,11-12H,9-10H2,1H3,(H,22,23,24). The fourth-order valence-corrected chi connectivity index (χ4v) is 2.92. The molecule has 0 aliphatic heterocycles. The molecule has 0 bridgehead atoms. The lowest BCUT2D eigenvalue weighted by atomic mass is 10.1. The molecule has 25 heavy (non-hydrogen) atoms. The van der Waals surface area contributed by atoms with Crippen LogP contribution in [0.1, 0.15) is 5.56 Å². The van der Waals surface area contributed by atoms with Gasteiger partial charge in [-0.15, -0.1) is 0 Å². The van der Waals surface area contributed by atoms with Gasteiger partial charge in [0.15, 0.2) is 0 Å². The maximum atomic E-state index is 6.21. The van der Waals surface area contributed by atoms with E-state index in [0.29, 0.717) is 28.4 Å². The smallest absolute Gasteiger partial charge is 0.318 e. The van der Waals surface area contributed by atoms with Crippen molar-refractivity contribution in [1.82, 2.24) is 9.97 Å². The van der Waals surface area contributed by atoms with Crippen molar-refractivity contribution in [3.63, 3.8) is 0 Å². The molecule has 3 rings (SSSR count). The molecule has 0 amide bonds. The van der Waals surface area contributed by atoms with E-state index in [0.717, 1.165) is 23.2 Å². The van der Waals surface area contributed by atoms with Gasteiger partial charge in [-0.3, -0.25) is 0 Å². The molecule has 0 saturated carbocycles. The van der Waals surface area contributed by atoms with Gasteiger partial charge in [0.1, 0.15) is 5.82 Å². The lowest BCUT2D eigenvalue weighted by molar-refractivity contribution is 0.381. The molecule has 2 aromatic carbocycles. The number of anilines is 1. The van der Waals surface area contributed by atoms with E-state index in [1.807, 2.05) is 48.5 Å². The summed E-state index contributed by atoms with van der Waals surface area (Å²) in [5.41, 5.74) is 2.84. The van der Waals surface area contributed by atoms with Crippen molar-refractivity contribution in [3.05, 3.63) is 70.2 Å². The third kappa shape index (κ3) is 4.62. The van der Waals surface area contributed by atoms with E-state index in [4.69, 9.17) is 27.9 Å². The molecule has 0 unspecified atom stereocenters. The minimum atomic E-state index is 0.327. The second-order valence-electron chi connectivity index (χ2n) is 5.40. The van der Waals surface area contributed by atoms with Crippen LogP contribution in [0.15, 0.2) is 54.6 Å². The summed E-state index contributed by atoms with van der Waals surface area (Å²) >= 11 is 12.1. The maximum absolute atomic E-state index is 6.21. The van der Waals surface area contributed by atoms with Crippen LogP contribution in [-0.4, -0.2) is 23.6 Å². The van der Waals surface area contributed by atoms with Crippen LogP contribution in [0, 0.1) is 0 Å². The second kappa shape index (κ2) is 8.19. The topological polar surface area (TPSA) is 47.0 Å². The third-order valence-corrected chi connectivity index (χ3v) is 4.26. The summed E-state index contributed by atoms with van der Waals surface area (Å²) in [5.74, 6) is 0.704. The van der Waals surface area contributed by atoms with E-state index >= 15 is 0 Å². The SMILES string of the molecule is COc1nc(NCCc2ccc(Cl)cc2Cl)cc(-c2ccccc2)n1. The molecule has 0 spiro atoms. The highest BCUT2D eigenvalue weighted by molar-refractivity contribution is 6.35. The summed E-state index contributed by atoms with van der Waals surface area (Å²) in [5, 5.41) is 4.60. The van der Waals surface area contributed by atoms with E-state index in [-0.39, 0.29) is 0 Å². The Morgan fingerprint density at radius 2 is 1.80 bits per heavy atom. The highest BCUT2D eigenvalue weighted by Gasteiger charge is 2.07. The van der Waals surface area contributed by atoms with Crippen LogP contribution in [0.5, 0.6) is 6.01 Å². The summed E-state index contributed by atoms with van der Waals surface area (Å²) in [7, 11) is 1.56. The summed E-state index contributed by atoms with van der Waals surface area (Å²) in [6, 6.07) is 17.7. The number of rotatable bonds is 6. The zero-order chi connectivity index (χ0) is 17.6. The van der Waals surface area contributed by atoms with Crippen LogP contribution < -0.4 is 10.1 Å². The molecular weight excluding hydrogens is 357 g/mol. The number of halogens is 2. The quantitative estimate of drug-likeness (QED) is 0.651. The van der Waals surface area contributed by atoms with Crippen molar-refractivity contribution in [3.8, 4) is 17.3 Å². The Morgan fingerprint density at radius 3 is 2.52 bits per heavy atom. The molecule has 0 aliphatic rings. The maximum Gasteiger partial charge on any atom is 0.318 e. The average Bonchev–Trinajstić information content (AvgIpc) is 2.64. The van der Waals surface area contributed by atoms with Crippen LogP contribution >= 0.6 is 23.2 Å². The van der Waals surface area contributed by atoms with Crippen molar-refractivity contribution >= 4 is 29.0 Å². The van der Waals surface area contributed by atoms with Crippen molar-refractivity contribution in [2.45, 2.75) is 6.42 Å². The molecule has 6 heteroatoms. The predicted molar refractivity (Wildman–Crippen MR) is 103 cm³/mol. The zero-order valence-corrected chi connectivity index (χ0v) is 15.2. The summed E-state index contributed by atoms with van der Waals surface area (Å²) in [6.07, 6.45) is 0.753. The van der Waals surface area contributed by atoms with Gasteiger partial charge in [0.25, 0.3) is 0 Å². The summed E-state index contributed by atoms with van der Waals surface area (Å²) in [4.78, 5) is 8.75. The first-order chi connectivity index (χ1) is 12.2. The van der Waals surface area contributed by atoms with E-state index in [2.05, 4.69) is 15.3 Å². The molecule has 1 heterocycles. The number of nitrogens with one attached hydrogen (secondary N) is 1. The Labute approximate surface area is 156 Å². The first-order valence-corrected chi connectivity index (χ1v) is 8.57. The van der Waals surface area contributed by atoms with Crippen molar-refractivity contribution < 1.29 is 4.74 Å². The average molecular weight is 374 g/mol. The lowest BCUT2D eigenvalue weighted by Gasteiger charge is -2.10. The first-order valence-electron chi connectivity index (χ1n) is 7.82. The van der Waals surface area contributed by atoms with Crippen molar-refractivity contribution in [2.24, 2.45) is 0 Å². The normalized spacial score (nSPS) is 10.5. The monoisotopic (exact) mass is 373 g/mol. The van der Waals surface area contributed by atoms with Gasteiger partial charge in [-0.05, 0) is 24.1 Å². The molecule has 3 aromatic rings. The number of ether oxygens (including phenoxy) is 1. The van der Waals surface area contributed by atoms with E-state index < -0.39 is 0 Å². The van der Waals surface area contributed by atoms with Crippen LogP contribution in [0.3, 0.4) is 0 Å². The molecule has 1 aromatic heterocycles. The second-order valence-corrected chi connectivity index (χ2v) is 6.25. The predicted octanol–water partition coefficient (Wildman–Crippen LogP) is 5.11. The molecule has 0 fully saturated rings. The van der Waals surface area contributed by atoms with E-state index in [9.17, 15) is 0 Å². The van der Waals surface area contributed by atoms with E-state index in [1.165, 1.54) is 0 Å². The van der Waals surface area contributed by atoms with Gasteiger partial charge in [-0.1, -0.05) is 59.6 Å². The fraction of sp³-hybridized carbons (Fsp3) is 0.158. The number of methoxy groups -OCH3 is 1. The molecule has 0 aliphatic carbocycles. The zero-order valence-electron chi connectivity index (χ0n) is 13.7. The fourth-order valence-electron chi connectivity index (χ4n) is 2.41. The van der Waals surface area contributed by atoms with Gasteiger partial charge in [-0.25, -0.2) is 0 Å². The Hall–Kier alpha value is -2.30. The third-order valence-electron chi connectivity index (χ3n) is 3.67. The number of aromatic nitrogens is 2. The largest absolute Gasteiger partial charge is 0.467 e. The van der Waals surface area contributed by atoms with Gasteiger partial charge < -0.3 is 10.1 Å². The van der Waals surface area contributed by atoms with E-state index in [1.54, 1.807) is 13.2 Å². The van der Waals surface area contributed by atoms with Crippen LogP contribution in [0.4, 0.5) is 5.82 Å². The summed E-state index contributed by atoms with van der Waals surface area (Å²) in [6.45, 7) is 0.676. The van der Waals surface area contributed by atoms with Gasteiger partial charge in [0.2, 0.25) is 0 Å². The van der Waals surface area contributed by atoms with Gasteiger partial charge >= 0.3 is 6.01 Å². The Kier molecular flexibility index (Phi) is 5.74. The van der Waals surface area contributed by atoms with Crippen LogP contribution in [0.25, 0.3) is 11.3 Å². The minimum Gasteiger partial charge on any atom is -0.467 e. The van der Waals surface area contributed by atoms with Crippen molar-refractivity contribution in [2.75, 3.05) is 19.0 Å². The number of hydrogen-bond donors (Lipinski definition) is 1. The van der Waals surface area contributed by atoms with Crippen LogP contribution in [0.2, 0.25) is 10.0 Å². The first kappa shape index (κ1) is 17.5. The number of hydrogen-bond acceptors (Lipinski definition) is 4. The molecular formula is C19H17Cl2N3O. The van der Waals surface area contributed by atoms with Crippen LogP contribution in [-0.2, 0) is 6.42 Å². The highest BCUT2D eigenvalue weighted by atomic mass is 35.5. The number of nitrogens with zero attached hydrogens (tertiary/aromatic N) is 2. The molecule has 4 nitrogen and oxygen atoms in total. The Balaban J connectivity index is 1.73. The summed E-state index contributed by atoms with van der Waals surface area (Å²) < 4.78 is 5.22. The Morgan fingerprint density at radius 1 is 1.00 bits per heavy atom. The van der Waals surface area contributed by atoms with Crippen molar-refractivity contribution in [1.29, 1.82) is 0 Å². The molecule has 0 atom stereocenters. The molecule has 1 N–H and O–H groups in total. The highest BCUT2D eigenvalue weighted by Crippen LogP contribution is 2.23. The van der Waals surface area contributed by atoms with Gasteiger partial charge in [0, 0.05) is 28.2 Å². The van der Waals surface area contributed by atoms with Gasteiger partial charge in [-0.2, -0.15) is 9.97 Å². The number of benzene rings is 2. The molecule has 0 saturated heterocycles. The molecule has 128 valence electrons. The minimum absolute atomic E-state index is 0.327. The lowest BCUT2D eigenvalue weighted by Crippen LogP contribution is -2.08. The van der Waals surface area contributed by atoms with Gasteiger partial charge in [0.05, 0.1) is 12.8 Å².